The number of amides is 1. The summed E-state index contributed by atoms with van der Waals surface area (Å²) in [5.41, 5.74) is -0.690. The van der Waals surface area contributed by atoms with Gasteiger partial charge in [0.25, 0.3) is 0 Å². The maximum atomic E-state index is 11.4. The van der Waals surface area contributed by atoms with E-state index in [2.05, 4.69) is 5.32 Å². The van der Waals surface area contributed by atoms with Gasteiger partial charge in [-0.3, -0.25) is 0 Å². The van der Waals surface area contributed by atoms with E-state index in [1.807, 2.05) is 0 Å². The zero-order chi connectivity index (χ0) is 14.2. The Balaban J connectivity index is 4.17. The van der Waals surface area contributed by atoms with Crippen LogP contribution in [0.3, 0.4) is 0 Å². The van der Waals surface area contributed by atoms with E-state index in [1.165, 1.54) is 0 Å². The van der Waals surface area contributed by atoms with Crippen LogP contribution < -0.4 is 5.32 Å². The van der Waals surface area contributed by atoms with E-state index in [1.54, 1.807) is 20.8 Å². The molecule has 1 amide bonds. The maximum Gasteiger partial charge on any atom is 0.408 e. The molecular weight excluding hydrogens is 242 g/mol. The van der Waals surface area contributed by atoms with Crippen molar-refractivity contribution in [2.24, 2.45) is 0 Å². The lowest BCUT2D eigenvalue weighted by atomic mass is 10.2. The molecule has 0 fully saturated rings. The van der Waals surface area contributed by atoms with Gasteiger partial charge in [-0.2, -0.15) is 0 Å². The number of aliphatic hydroxyl groups excluding tert-OH is 2. The summed E-state index contributed by atoms with van der Waals surface area (Å²) >= 11 is 0. The second-order valence-corrected chi connectivity index (χ2v) is 4.63. The predicted octanol–water partition coefficient (Wildman–Crippen LogP) is -0.202. The molecule has 0 aliphatic rings. The van der Waals surface area contributed by atoms with E-state index in [0.717, 1.165) is 0 Å². The van der Waals surface area contributed by atoms with Crippen LogP contribution in [0, 0.1) is 0 Å². The van der Waals surface area contributed by atoms with Gasteiger partial charge in [-0.15, -0.1) is 0 Å². The lowest BCUT2D eigenvalue weighted by molar-refractivity contribution is -0.147. The van der Waals surface area contributed by atoms with E-state index in [-0.39, 0.29) is 13.2 Å². The zero-order valence-electron chi connectivity index (χ0n) is 10.9. The molecule has 0 rings (SSSR count). The fraction of sp³-hybridized carbons (Fsp3) is 0.818. The van der Waals surface area contributed by atoms with Gasteiger partial charge in [-0.1, -0.05) is 0 Å². The first-order valence-electron chi connectivity index (χ1n) is 5.68. The molecule has 0 heterocycles. The summed E-state index contributed by atoms with van der Waals surface area (Å²) < 4.78 is 9.67. The molecule has 0 saturated heterocycles. The fourth-order valence-corrected chi connectivity index (χ4v) is 0.967. The summed E-state index contributed by atoms with van der Waals surface area (Å²) in [7, 11) is 0. The first-order valence-corrected chi connectivity index (χ1v) is 5.68. The molecule has 1 atom stereocenters. The molecule has 0 aromatic carbocycles. The predicted molar refractivity (Wildman–Crippen MR) is 62.9 cm³/mol. The van der Waals surface area contributed by atoms with Gasteiger partial charge < -0.3 is 25.0 Å². The molecule has 0 aromatic heterocycles. The summed E-state index contributed by atoms with van der Waals surface area (Å²) in [5.74, 6) is -0.767. The molecule has 0 unspecified atom stereocenters. The Kier molecular flexibility index (Phi) is 7.30. The highest BCUT2D eigenvalue weighted by atomic mass is 16.6. The number of nitrogens with one attached hydrogen (secondary N) is 1. The summed E-state index contributed by atoms with van der Waals surface area (Å²) in [6.45, 7) is 4.38. The third-order valence-corrected chi connectivity index (χ3v) is 1.70. The summed E-state index contributed by atoms with van der Waals surface area (Å²) in [5, 5.41) is 19.7. The Morgan fingerprint density at radius 1 is 1.28 bits per heavy atom. The second-order valence-electron chi connectivity index (χ2n) is 4.63. The van der Waals surface area contributed by atoms with Crippen LogP contribution in [0.2, 0.25) is 0 Å². The highest BCUT2D eigenvalue weighted by Gasteiger charge is 2.24. The van der Waals surface area contributed by atoms with E-state index in [0.29, 0.717) is 6.42 Å². The molecule has 7 nitrogen and oxygen atoms in total. The summed E-state index contributed by atoms with van der Waals surface area (Å²) in [4.78, 5) is 22.8. The average Bonchev–Trinajstić information content (AvgIpc) is 2.23. The largest absolute Gasteiger partial charge is 0.464 e. The van der Waals surface area contributed by atoms with Crippen molar-refractivity contribution in [3.8, 4) is 0 Å². The normalized spacial score (nSPS) is 12.7. The van der Waals surface area contributed by atoms with Crippen molar-refractivity contribution in [3.63, 3.8) is 0 Å². The maximum absolute atomic E-state index is 11.4. The molecule has 0 aliphatic carbocycles. The molecule has 0 saturated carbocycles. The highest BCUT2D eigenvalue weighted by molar-refractivity contribution is 5.81. The second kappa shape index (κ2) is 7.88. The third kappa shape index (κ3) is 7.86. The van der Waals surface area contributed by atoms with Crippen LogP contribution in [-0.2, 0) is 14.3 Å². The first kappa shape index (κ1) is 16.7. The van der Waals surface area contributed by atoms with Crippen molar-refractivity contribution >= 4 is 12.1 Å². The van der Waals surface area contributed by atoms with Crippen LogP contribution in [0.1, 0.15) is 27.2 Å². The summed E-state index contributed by atoms with van der Waals surface area (Å²) in [6.07, 6.45) is -0.503. The molecule has 0 aliphatic heterocycles. The molecule has 0 spiro atoms. The van der Waals surface area contributed by atoms with Crippen molar-refractivity contribution < 1.29 is 29.3 Å². The van der Waals surface area contributed by atoms with Gasteiger partial charge >= 0.3 is 12.1 Å². The van der Waals surface area contributed by atoms with Gasteiger partial charge in [0.1, 0.15) is 5.60 Å². The zero-order valence-corrected chi connectivity index (χ0v) is 10.9. The third-order valence-electron chi connectivity index (χ3n) is 1.70. The van der Waals surface area contributed by atoms with E-state index in [9.17, 15) is 9.59 Å². The summed E-state index contributed by atoms with van der Waals surface area (Å²) in [6, 6.07) is -1.17. The smallest absolute Gasteiger partial charge is 0.408 e. The molecule has 0 aromatic rings. The van der Waals surface area contributed by atoms with E-state index < -0.39 is 30.3 Å². The number of hydrogen-bond donors (Lipinski definition) is 3. The Morgan fingerprint density at radius 2 is 1.89 bits per heavy atom. The van der Waals surface area contributed by atoms with Crippen LogP contribution in [0.15, 0.2) is 0 Å². The molecule has 18 heavy (non-hydrogen) atoms. The highest BCUT2D eigenvalue weighted by Crippen LogP contribution is 2.06. The number of carbonyl (C=O) groups excluding carboxylic acids is 2. The standard InChI is InChI=1S/C11H21NO6/c1-11(2,3)18-10(16)12-8(7-14)9(15)17-6-4-5-13/h8,13-14H,4-7H2,1-3H3,(H,12,16)/t8-/m0/s1. The van der Waals surface area contributed by atoms with Gasteiger partial charge in [-0.05, 0) is 20.8 Å². The minimum atomic E-state index is -1.17. The van der Waals surface area contributed by atoms with Crippen LogP contribution in [0.4, 0.5) is 4.79 Å². The van der Waals surface area contributed by atoms with Gasteiger partial charge in [0.05, 0.1) is 13.2 Å². The van der Waals surface area contributed by atoms with Crippen molar-refractivity contribution in [3.05, 3.63) is 0 Å². The molecular formula is C11H21NO6. The van der Waals surface area contributed by atoms with Crippen molar-refractivity contribution in [1.82, 2.24) is 5.32 Å². The number of esters is 1. The van der Waals surface area contributed by atoms with E-state index >= 15 is 0 Å². The van der Waals surface area contributed by atoms with Gasteiger partial charge in [0.15, 0.2) is 6.04 Å². The number of alkyl carbamates (subject to hydrolysis) is 1. The van der Waals surface area contributed by atoms with Crippen molar-refractivity contribution in [2.45, 2.75) is 38.8 Å². The number of hydrogen-bond acceptors (Lipinski definition) is 6. The molecule has 0 radical (unpaired) electrons. The average molecular weight is 263 g/mol. The fourth-order valence-electron chi connectivity index (χ4n) is 0.967. The monoisotopic (exact) mass is 263 g/mol. The molecule has 0 bridgehead atoms. The molecule has 7 heteroatoms. The Bertz CT molecular complexity index is 273. The first-order chi connectivity index (χ1) is 8.30. The molecule has 3 N–H and O–H groups in total. The van der Waals surface area contributed by atoms with Crippen LogP contribution >= 0.6 is 0 Å². The van der Waals surface area contributed by atoms with Gasteiger partial charge in [-0.25, -0.2) is 9.59 Å². The van der Waals surface area contributed by atoms with Crippen LogP contribution in [-0.4, -0.2) is 53.7 Å². The SMILES string of the molecule is CC(C)(C)OC(=O)N[C@@H](CO)C(=O)OCCCO. The number of aliphatic hydroxyl groups is 2. The van der Waals surface area contributed by atoms with E-state index in [4.69, 9.17) is 19.7 Å². The lowest BCUT2D eigenvalue weighted by Gasteiger charge is -2.22. The lowest BCUT2D eigenvalue weighted by Crippen LogP contribution is -2.46. The van der Waals surface area contributed by atoms with Crippen LogP contribution in [0.5, 0.6) is 0 Å². The van der Waals surface area contributed by atoms with Gasteiger partial charge in [0.2, 0.25) is 0 Å². The Hall–Kier alpha value is -1.34. The Morgan fingerprint density at radius 3 is 2.33 bits per heavy atom. The number of ether oxygens (including phenoxy) is 2. The number of rotatable bonds is 6. The van der Waals surface area contributed by atoms with Crippen molar-refractivity contribution in [1.29, 1.82) is 0 Å². The van der Waals surface area contributed by atoms with Crippen molar-refractivity contribution in [2.75, 3.05) is 19.8 Å². The number of carbonyl (C=O) groups is 2. The quantitative estimate of drug-likeness (QED) is 0.452. The van der Waals surface area contributed by atoms with Crippen LogP contribution in [0.25, 0.3) is 0 Å². The minimum absolute atomic E-state index is 0.0296. The van der Waals surface area contributed by atoms with Gasteiger partial charge in [0, 0.05) is 13.0 Å². The topological polar surface area (TPSA) is 105 Å². The molecule has 106 valence electrons. The Labute approximate surface area is 106 Å². The minimum Gasteiger partial charge on any atom is -0.464 e.